The molecule has 0 fully saturated rings. The molecular formula is C25H15N3O3. The summed E-state index contributed by atoms with van der Waals surface area (Å²) in [4.78, 5) is 25.5. The highest BCUT2D eigenvalue weighted by molar-refractivity contribution is 6.16. The molecule has 3 aromatic heterocycles. The van der Waals surface area contributed by atoms with E-state index in [0.717, 1.165) is 11.1 Å². The van der Waals surface area contributed by atoms with E-state index in [2.05, 4.69) is 15.0 Å². The average molecular weight is 405 g/mol. The third-order valence-corrected chi connectivity index (χ3v) is 5.50. The second kappa shape index (κ2) is 6.53. The summed E-state index contributed by atoms with van der Waals surface area (Å²) in [6.07, 6.45) is 3.24. The van der Waals surface area contributed by atoms with Crippen LogP contribution in [0.2, 0.25) is 0 Å². The van der Waals surface area contributed by atoms with Gasteiger partial charge in [-0.2, -0.15) is 0 Å². The monoisotopic (exact) mass is 405 g/mol. The Bertz CT molecular complexity index is 1670. The third-order valence-electron chi connectivity index (χ3n) is 5.50. The van der Waals surface area contributed by atoms with E-state index < -0.39 is 5.63 Å². The molecule has 148 valence electrons. The molecule has 0 aliphatic rings. The molecule has 0 unspecified atom stereocenters. The third kappa shape index (κ3) is 2.55. The fourth-order valence-corrected chi connectivity index (χ4v) is 4.14. The van der Waals surface area contributed by atoms with Gasteiger partial charge in [-0.3, -0.25) is 9.97 Å². The highest BCUT2D eigenvalue weighted by atomic mass is 16.4. The number of aromatic nitrogens is 3. The number of nitrogens with zero attached hydrogens (tertiary/aromatic N) is 2. The van der Waals surface area contributed by atoms with Gasteiger partial charge in [0, 0.05) is 28.9 Å². The minimum Gasteiger partial charge on any atom is -0.506 e. The maximum absolute atomic E-state index is 13.1. The lowest BCUT2D eigenvalue weighted by molar-refractivity contribution is 0.471. The number of rotatable bonds is 2. The van der Waals surface area contributed by atoms with Crippen LogP contribution in [0.1, 0.15) is 0 Å². The fraction of sp³-hybridized carbons (Fsp3) is 0. The van der Waals surface area contributed by atoms with E-state index in [4.69, 9.17) is 4.42 Å². The molecule has 0 bridgehead atoms. The molecule has 0 atom stereocenters. The number of nitrogens with one attached hydrogen (secondary N) is 1. The molecule has 0 saturated carbocycles. The van der Waals surface area contributed by atoms with E-state index in [1.54, 1.807) is 36.7 Å². The molecule has 3 heterocycles. The van der Waals surface area contributed by atoms with E-state index in [1.807, 2.05) is 42.5 Å². The number of hydrogen-bond donors (Lipinski definition) is 2. The molecule has 0 aliphatic heterocycles. The van der Waals surface area contributed by atoms with Gasteiger partial charge in [-0.1, -0.05) is 42.5 Å². The van der Waals surface area contributed by atoms with Crippen LogP contribution in [0.25, 0.3) is 55.3 Å². The zero-order chi connectivity index (χ0) is 20.9. The van der Waals surface area contributed by atoms with Crippen LogP contribution >= 0.6 is 0 Å². The van der Waals surface area contributed by atoms with Crippen molar-refractivity contribution in [3.63, 3.8) is 0 Å². The first-order chi connectivity index (χ1) is 15.2. The molecule has 2 N–H and O–H groups in total. The molecule has 6 rings (SSSR count). The topological polar surface area (TPSA) is 92.0 Å². The molecule has 0 radical (unpaired) electrons. The average Bonchev–Trinajstić information content (AvgIpc) is 3.19. The Morgan fingerprint density at radius 1 is 0.839 bits per heavy atom. The van der Waals surface area contributed by atoms with Crippen molar-refractivity contribution in [2.75, 3.05) is 0 Å². The van der Waals surface area contributed by atoms with Gasteiger partial charge < -0.3 is 14.5 Å². The minimum atomic E-state index is -0.616. The summed E-state index contributed by atoms with van der Waals surface area (Å²) in [5, 5.41) is 12.4. The first-order valence-corrected chi connectivity index (χ1v) is 9.78. The van der Waals surface area contributed by atoms with Crippen molar-refractivity contribution < 1.29 is 9.52 Å². The van der Waals surface area contributed by atoms with Crippen LogP contribution in [-0.2, 0) is 0 Å². The molecule has 0 saturated heterocycles. The van der Waals surface area contributed by atoms with Gasteiger partial charge in [-0.15, -0.1) is 0 Å². The predicted octanol–water partition coefficient (Wildman–Crippen LogP) is 5.26. The van der Waals surface area contributed by atoms with Crippen LogP contribution in [0, 0.1) is 0 Å². The number of fused-ring (bicyclic) bond motifs is 4. The molecule has 0 aliphatic carbocycles. The lowest BCUT2D eigenvalue weighted by atomic mass is 9.97. The lowest BCUT2D eigenvalue weighted by Gasteiger charge is -2.09. The van der Waals surface area contributed by atoms with Gasteiger partial charge >= 0.3 is 5.63 Å². The number of aromatic hydroxyl groups is 1. The van der Waals surface area contributed by atoms with Gasteiger partial charge in [0.15, 0.2) is 0 Å². The summed E-state index contributed by atoms with van der Waals surface area (Å²) in [6.45, 7) is 0. The molecule has 0 spiro atoms. The van der Waals surface area contributed by atoms with E-state index >= 15 is 0 Å². The molecule has 6 nitrogen and oxygen atoms in total. The van der Waals surface area contributed by atoms with Gasteiger partial charge in [-0.25, -0.2) is 4.79 Å². The van der Waals surface area contributed by atoms with Crippen LogP contribution in [0.3, 0.4) is 0 Å². The second-order valence-corrected chi connectivity index (χ2v) is 7.26. The smallest absolute Gasteiger partial charge is 0.348 e. The van der Waals surface area contributed by atoms with Crippen molar-refractivity contribution in [2.45, 2.75) is 0 Å². The summed E-state index contributed by atoms with van der Waals surface area (Å²) < 4.78 is 5.58. The zero-order valence-electron chi connectivity index (χ0n) is 16.2. The van der Waals surface area contributed by atoms with Crippen LogP contribution in [0.5, 0.6) is 5.75 Å². The second-order valence-electron chi connectivity index (χ2n) is 7.26. The highest BCUT2D eigenvalue weighted by Gasteiger charge is 2.25. The van der Waals surface area contributed by atoms with Crippen molar-refractivity contribution in [3.8, 4) is 28.1 Å². The Balaban J connectivity index is 1.85. The Hall–Kier alpha value is -4.45. The fourth-order valence-electron chi connectivity index (χ4n) is 4.14. The summed E-state index contributed by atoms with van der Waals surface area (Å²) in [5.41, 5.74) is 4.05. The summed E-state index contributed by atoms with van der Waals surface area (Å²) >= 11 is 0. The molecule has 0 amide bonds. The summed E-state index contributed by atoms with van der Waals surface area (Å²) in [7, 11) is 0. The van der Waals surface area contributed by atoms with Crippen molar-refractivity contribution >= 4 is 32.9 Å². The zero-order valence-corrected chi connectivity index (χ0v) is 16.2. The van der Waals surface area contributed by atoms with Crippen LogP contribution < -0.4 is 5.63 Å². The number of benzene rings is 3. The van der Waals surface area contributed by atoms with E-state index in [-0.39, 0.29) is 11.3 Å². The Morgan fingerprint density at radius 2 is 1.61 bits per heavy atom. The normalized spacial score (nSPS) is 11.5. The van der Waals surface area contributed by atoms with Crippen molar-refractivity contribution in [1.82, 2.24) is 15.0 Å². The van der Waals surface area contributed by atoms with Gasteiger partial charge in [0.2, 0.25) is 0 Å². The quantitative estimate of drug-likeness (QED) is 0.384. The van der Waals surface area contributed by atoms with Gasteiger partial charge in [0.1, 0.15) is 16.9 Å². The van der Waals surface area contributed by atoms with E-state index in [1.165, 1.54) is 0 Å². The Labute approximate surface area is 175 Å². The first kappa shape index (κ1) is 17.4. The summed E-state index contributed by atoms with van der Waals surface area (Å²) in [6, 6.07) is 20.4. The molecular weight excluding hydrogens is 390 g/mol. The summed E-state index contributed by atoms with van der Waals surface area (Å²) in [5.74, 6) is -0.120. The van der Waals surface area contributed by atoms with E-state index in [0.29, 0.717) is 38.6 Å². The van der Waals surface area contributed by atoms with Crippen molar-refractivity contribution in [3.05, 3.63) is 89.5 Å². The largest absolute Gasteiger partial charge is 0.506 e. The SMILES string of the molecule is O=c1oc2ccccc2c(O)c1-c1c(-c2ccccc2)[nH]c2ccc3nccnc3c12. The molecule has 3 aromatic carbocycles. The standard InChI is InChI=1S/C25H15N3O3/c29-24-15-8-4-5-9-18(15)31-25(30)21(24)20-19-16(10-11-17-23(19)27-13-12-26-17)28-22(20)14-6-2-1-3-7-14/h1-13,28-29H. The molecule has 6 aromatic rings. The minimum absolute atomic E-state index is 0.0990. The highest BCUT2D eigenvalue weighted by Crippen LogP contribution is 2.44. The number of para-hydroxylation sites is 1. The number of aromatic amines is 1. The predicted molar refractivity (Wildman–Crippen MR) is 120 cm³/mol. The van der Waals surface area contributed by atoms with Crippen molar-refractivity contribution in [2.24, 2.45) is 0 Å². The van der Waals surface area contributed by atoms with Gasteiger partial charge in [0.25, 0.3) is 0 Å². The number of hydrogen-bond acceptors (Lipinski definition) is 5. The van der Waals surface area contributed by atoms with Gasteiger partial charge in [0.05, 0.1) is 22.1 Å². The van der Waals surface area contributed by atoms with Crippen molar-refractivity contribution in [1.29, 1.82) is 0 Å². The Morgan fingerprint density at radius 3 is 2.48 bits per heavy atom. The van der Waals surface area contributed by atoms with E-state index in [9.17, 15) is 9.90 Å². The van der Waals surface area contributed by atoms with Crippen LogP contribution in [0.4, 0.5) is 0 Å². The first-order valence-electron chi connectivity index (χ1n) is 9.78. The van der Waals surface area contributed by atoms with Gasteiger partial charge in [-0.05, 0) is 29.8 Å². The molecule has 6 heteroatoms. The van der Waals surface area contributed by atoms with Crippen LogP contribution in [0.15, 0.2) is 88.3 Å². The maximum atomic E-state index is 13.1. The Kier molecular flexibility index (Phi) is 3.67. The maximum Gasteiger partial charge on any atom is 0.348 e. The van der Waals surface area contributed by atoms with Crippen LogP contribution in [-0.4, -0.2) is 20.1 Å². The number of H-pyrrole nitrogens is 1. The molecule has 31 heavy (non-hydrogen) atoms. The lowest BCUT2D eigenvalue weighted by Crippen LogP contribution is -2.04.